The fourth-order valence-electron chi connectivity index (χ4n) is 1.49. The molecule has 0 unspecified atom stereocenters. The zero-order chi connectivity index (χ0) is 15.2. The van der Waals surface area contributed by atoms with Gasteiger partial charge in [0.15, 0.2) is 0 Å². The minimum absolute atomic E-state index is 0.191. The minimum atomic E-state index is -4.94. The number of alkyl halides is 3. The lowest BCUT2D eigenvalue weighted by Crippen LogP contribution is -2.33. The third-order valence-corrected chi connectivity index (χ3v) is 2.38. The van der Waals surface area contributed by atoms with Crippen molar-refractivity contribution in [3.8, 4) is 0 Å². The van der Waals surface area contributed by atoms with Gasteiger partial charge in [-0.3, -0.25) is 4.99 Å². The third kappa shape index (κ3) is 4.34. The monoisotopic (exact) mass is 289 g/mol. The van der Waals surface area contributed by atoms with E-state index in [9.17, 15) is 23.1 Å². The van der Waals surface area contributed by atoms with Gasteiger partial charge in [0, 0.05) is 0 Å². The predicted molar refractivity (Wildman–Crippen MR) is 66.4 cm³/mol. The Balaban J connectivity index is 3.14. The van der Waals surface area contributed by atoms with Gasteiger partial charge < -0.3 is 9.84 Å². The fraction of sp³-hybridized carbons (Fsp3) is 0.385. The number of carbonyl (C=O) groups excluding carboxylic acids is 1. The van der Waals surface area contributed by atoms with Gasteiger partial charge in [0.1, 0.15) is 0 Å². The molecule has 4 nitrogen and oxygen atoms in total. The number of carbonyl (C=O) groups is 1. The number of aliphatic hydroxyl groups is 1. The van der Waals surface area contributed by atoms with Gasteiger partial charge in [-0.2, -0.15) is 13.2 Å². The molecule has 1 aromatic rings. The molecule has 0 fully saturated rings. The highest BCUT2D eigenvalue weighted by Gasteiger charge is 2.42. The molecule has 0 amide bonds. The summed E-state index contributed by atoms with van der Waals surface area (Å²) < 4.78 is 42.7. The number of benzene rings is 1. The Morgan fingerprint density at radius 1 is 1.35 bits per heavy atom. The number of nitrogens with zero attached hydrogens (tertiary/aromatic N) is 1. The molecular formula is C13H14F3NO3. The van der Waals surface area contributed by atoms with Crippen LogP contribution in [0.2, 0.25) is 0 Å². The van der Waals surface area contributed by atoms with Gasteiger partial charge in [0.05, 0.1) is 19.3 Å². The van der Waals surface area contributed by atoms with Gasteiger partial charge >= 0.3 is 12.1 Å². The average molecular weight is 289 g/mol. The summed E-state index contributed by atoms with van der Waals surface area (Å²) >= 11 is 0. The topological polar surface area (TPSA) is 58.9 Å². The van der Waals surface area contributed by atoms with E-state index in [0.717, 1.165) is 0 Å². The van der Waals surface area contributed by atoms with Crippen LogP contribution in [0.3, 0.4) is 0 Å². The molecule has 0 aliphatic heterocycles. The minimum Gasteiger partial charge on any atom is -0.461 e. The fourth-order valence-corrected chi connectivity index (χ4v) is 1.49. The molecule has 7 heteroatoms. The second kappa shape index (κ2) is 7.04. The highest BCUT2D eigenvalue weighted by atomic mass is 19.4. The Morgan fingerprint density at radius 2 is 1.95 bits per heavy atom. The van der Waals surface area contributed by atoms with Crippen LogP contribution in [-0.4, -0.2) is 36.2 Å². The van der Waals surface area contributed by atoms with E-state index in [1.807, 2.05) is 0 Å². The van der Waals surface area contributed by atoms with Crippen molar-refractivity contribution in [1.82, 2.24) is 0 Å². The summed E-state index contributed by atoms with van der Waals surface area (Å²) in [5.41, 5.74) is -1.27. The summed E-state index contributed by atoms with van der Waals surface area (Å²) in [6.45, 7) is 0.554. The Labute approximate surface area is 113 Å². The number of hydrogen-bond acceptors (Lipinski definition) is 4. The zero-order valence-electron chi connectivity index (χ0n) is 10.7. The highest BCUT2D eigenvalue weighted by Crippen LogP contribution is 2.23. The van der Waals surface area contributed by atoms with E-state index in [-0.39, 0.29) is 6.61 Å². The maximum absolute atomic E-state index is 12.8. The standard InChI is InChI=1S/C13H14F3NO3/c1-2-20-12(19)11(13(14,15)16)17-10(8-18)9-6-4-3-5-7-9/h3-7,10,18H,2,8H2,1H3/b17-11-/t10-/m1/s1. The van der Waals surface area contributed by atoms with E-state index in [2.05, 4.69) is 9.73 Å². The molecule has 1 N–H and O–H groups in total. The van der Waals surface area contributed by atoms with Crippen LogP contribution in [0.4, 0.5) is 13.2 Å². The summed E-state index contributed by atoms with van der Waals surface area (Å²) in [5, 5.41) is 9.18. The van der Waals surface area contributed by atoms with Crippen LogP contribution in [0.1, 0.15) is 18.5 Å². The lowest BCUT2D eigenvalue weighted by atomic mass is 10.1. The number of esters is 1. The predicted octanol–water partition coefficient (Wildman–Crippen LogP) is 2.29. The van der Waals surface area contributed by atoms with Gasteiger partial charge in [0.25, 0.3) is 0 Å². The van der Waals surface area contributed by atoms with E-state index in [0.29, 0.717) is 5.56 Å². The van der Waals surface area contributed by atoms with E-state index in [1.54, 1.807) is 18.2 Å². The first kappa shape index (κ1) is 16.2. The molecular weight excluding hydrogens is 275 g/mol. The zero-order valence-corrected chi connectivity index (χ0v) is 10.7. The van der Waals surface area contributed by atoms with Crippen molar-refractivity contribution in [3.05, 3.63) is 35.9 Å². The number of rotatable bonds is 5. The Bertz CT molecular complexity index is 471. The second-order valence-electron chi connectivity index (χ2n) is 3.80. The van der Waals surface area contributed by atoms with E-state index in [1.165, 1.54) is 19.1 Å². The van der Waals surface area contributed by atoms with Crippen molar-refractivity contribution < 1.29 is 27.8 Å². The van der Waals surface area contributed by atoms with Crippen LogP contribution in [0.15, 0.2) is 35.3 Å². The Kier molecular flexibility index (Phi) is 5.69. The number of hydrogen-bond donors (Lipinski definition) is 1. The van der Waals surface area contributed by atoms with Crippen molar-refractivity contribution in [2.24, 2.45) is 4.99 Å². The normalized spacial score (nSPS) is 13.9. The summed E-state index contributed by atoms with van der Waals surface area (Å²) in [7, 11) is 0. The van der Waals surface area contributed by atoms with Crippen molar-refractivity contribution >= 4 is 11.7 Å². The summed E-state index contributed by atoms with van der Waals surface area (Å²) in [6.07, 6.45) is -4.94. The second-order valence-corrected chi connectivity index (χ2v) is 3.80. The molecule has 1 atom stereocenters. The quantitative estimate of drug-likeness (QED) is 0.668. The molecule has 0 saturated carbocycles. The molecule has 0 aromatic heterocycles. The van der Waals surface area contributed by atoms with Crippen LogP contribution in [0, 0.1) is 0 Å². The average Bonchev–Trinajstić information content (AvgIpc) is 2.39. The molecule has 20 heavy (non-hydrogen) atoms. The van der Waals surface area contributed by atoms with Crippen LogP contribution < -0.4 is 0 Å². The first-order chi connectivity index (χ1) is 9.40. The Hall–Kier alpha value is -1.89. The van der Waals surface area contributed by atoms with Gasteiger partial charge in [0.2, 0.25) is 5.71 Å². The SMILES string of the molecule is CCOC(=O)/C(=N/[C@H](CO)c1ccccc1)C(F)(F)F. The van der Waals surface area contributed by atoms with Gasteiger partial charge in [-0.1, -0.05) is 30.3 Å². The largest absolute Gasteiger partial charge is 0.461 e. The highest BCUT2D eigenvalue weighted by molar-refractivity contribution is 6.38. The van der Waals surface area contributed by atoms with Gasteiger partial charge in [-0.15, -0.1) is 0 Å². The van der Waals surface area contributed by atoms with Gasteiger partial charge in [-0.05, 0) is 12.5 Å². The van der Waals surface area contributed by atoms with Crippen LogP contribution in [0.5, 0.6) is 0 Å². The maximum Gasteiger partial charge on any atom is 0.440 e. The first-order valence-corrected chi connectivity index (χ1v) is 5.88. The van der Waals surface area contributed by atoms with Crippen molar-refractivity contribution in [3.63, 3.8) is 0 Å². The molecule has 110 valence electrons. The summed E-state index contributed by atoms with van der Waals surface area (Å²) in [6, 6.07) is 6.75. The molecule has 0 bridgehead atoms. The lowest BCUT2D eigenvalue weighted by Gasteiger charge is -2.14. The number of aliphatic hydroxyl groups excluding tert-OH is 1. The lowest BCUT2D eigenvalue weighted by molar-refractivity contribution is -0.139. The molecule has 0 spiro atoms. The number of ether oxygens (including phenoxy) is 1. The van der Waals surface area contributed by atoms with E-state index >= 15 is 0 Å². The van der Waals surface area contributed by atoms with Crippen LogP contribution in [0.25, 0.3) is 0 Å². The van der Waals surface area contributed by atoms with Crippen molar-refractivity contribution in [2.75, 3.05) is 13.2 Å². The molecule has 0 radical (unpaired) electrons. The first-order valence-electron chi connectivity index (χ1n) is 5.88. The Morgan fingerprint density at radius 3 is 2.40 bits per heavy atom. The molecule has 0 saturated heterocycles. The van der Waals surface area contributed by atoms with Crippen LogP contribution >= 0.6 is 0 Å². The number of halogens is 3. The molecule has 1 aromatic carbocycles. The summed E-state index contributed by atoms with van der Waals surface area (Å²) in [5.74, 6) is -1.55. The van der Waals surface area contributed by atoms with Gasteiger partial charge in [-0.25, -0.2) is 4.79 Å². The van der Waals surface area contributed by atoms with Crippen molar-refractivity contribution in [1.29, 1.82) is 0 Å². The number of aliphatic imine (C=N–C) groups is 1. The van der Waals surface area contributed by atoms with Crippen molar-refractivity contribution in [2.45, 2.75) is 19.1 Å². The van der Waals surface area contributed by atoms with Crippen LogP contribution in [-0.2, 0) is 9.53 Å². The molecule has 1 rings (SSSR count). The molecule has 0 aliphatic carbocycles. The molecule has 0 heterocycles. The maximum atomic E-state index is 12.8. The van der Waals surface area contributed by atoms with E-state index in [4.69, 9.17) is 0 Å². The third-order valence-electron chi connectivity index (χ3n) is 2.38. The summed E-state index contributed by atoms with van der Waals surface area (Å²) in [4.78, 5) is 14.6. The smallest absolute Gasteiger partial charge is 0.440 e. The molecule has 0 aliphatic rings. The van der Waals surface area contributed by atoms with E-state index < -0.39 is 30.5 Å².